The Balaban J connectivity index is 2.14. The molecule has 2 rings (SSSR count). The molecule has 88 valence electrons. The number of hydrogen-bond donors (Lipinski definition) is 1. The predicted octanol–water partition coefficient (Wildman–Crippen LogP) is 3.33. The number of benzene rings is 1. The molecule has 0 bridgehead atoms. The molecule has 1 nitrogen and oxygen atoms in total. The van der Waals surface area contributed by atoms with Crippen molar-refractivity contribution in [3.8, 4) is 0 Å². The van der Waals surface area contributed by atoms with Crippen molar-refractivity contribution in [1.82, 2.24) is 5.32 Å². The quantitative estimate of drug-likeness (QED) is 0.815. The van der Waals surface area contributed by atoms with E-state index in [1.165, 1.54) is 29.5 Å². The summed E-state index contributed by atoms with van der Waals surface area (Å²) in [6, 6.07) is 7.55. The molecular weight excluding hydrogens is 194 g/mol. The van der Waals surface area contributed by atoms with Crippen molar-refractivity contribution in [3.05, 3.63) is 34.9 Å². The zero-order chi connectivity index (χ0) is 11.8. The van der Waals surface area contributed by atoms with Gasteiger partial charge in [0.15, 0.2) is 0 Å². The van der Waals surface area contributed by atoms with Crippen LogP contribution in [-0.4, -0.2) is 12.6 Å². The summed E-state index contributed by atoms with van der Waals surface area (Å²) in [5.74, 6) is 0. The Morgan fingerprint density at radius 2 is 1.88 bits per heavy atom. The van der Waals surface area contributed by atoms with Gasteiger partial charge in [-0.3, -0.25) is 0 Å². The van der Waals surface area contributed by atoms with E-state index < -0.39 is 0 Å². The highest BCUT2D eigenvalue weighted by molar-refractivity contribution is 5.38. The maximum absolute atomic E-state index is 3.58. The van der Waals surface area contributed by atoms with Crippen molar-refractivity contribution in [2.24, 2.45) is 0 Å². The van der Waals surface area contributed by atoms with Gasteiger partial charge < -0.3 is 5.32 Å². The summed E-state index contributed by atoms with van der Waals surface area (Å²) in [6.07, 6.45) is 2.68. The van der Waals surface area contributed by atoms with E-state index >= 15 is 0 Å². The van der Waals surface area contributed by atoms with E-state index in [9.17, 15) is 0 Å². The van der Waals surface area contributed by atoms with E-state index in [1.54, 1.807) is 0 Å². The molecular formula is C15H23N. The fourth-order valence-electron chi connectivity index (χ4n) is 2.19. The van der Waals surface area contributed by atoms with Crippen LogP contribution >= 0.6 is 0 Å². The fraction of sp³-hybridized carbons (Fsp3) is 0.600. The van der Waals surface area contributed by atoms with Crippen LogP contribution in [0.5, 0.6) is 0 Å². The van der Waals surface area contributed by atoms with Crippen LogP contribution in [0.4, 0.5) is 0 Å². The average molecular weight is 217 g/mol. The molecule has 16 heavy (non-hydrogen) atoms. The van der Waals surface area contributed by atoms with E-state index in [4.69, 9.17) is 0 Å². The lowest BCUT2D eigenvalue weighted by Crippen LogP contribution is -2.32. The molecule has 0 aliphatic heterocycles. The minimum atomic E-state index is 0.447. The van der Waals surface area contributed by atoms with Crippen molar-refractivity contribution in [2.75, 3.05) is 6.54 Å². The average Bonchev–Trinajstić information content (AvgIpc) is 3.00. The van der Waals surface area contributed by atoms with Crippen LogP contribution in [0, 0.1) is 13.8 Å². The molecule has 0 unspecified atom stereocenters. The zero-order valence-electron chi connectivity index (χ0n) is 10.9. The van der Waals surface area contributed by atoms with Crippen LogP contribution in [0.2, 0.25) is 0 Å². The second-order valence-corrected chi connectivity index (χ2v) is 5.61. The van der Waals surface area contributed by atoms with Gasteiger partial charge in [0.1, 0.15) is 0 Å². The van der Waals surface area contributed by atoms with Gasteiger partial charge in [0.25, 0.3) is 0 Å². The van der Waals surface area contributed by atoms with Gasteiger partial charge >= 0.3 is 0 Å². The molecule has 0 radical (unpaired) electrons. The molecule has 1 saturated carbocycles. The van der Waals surface area contributed by atoms with Crippen molar-refractivity contribution in [1.29, 1.82) is 0 Å². The Bertz CT molecular complexity index is 375. The van der Waals surface area contributed by atoms with Gasteiger partial charge in [-0.1, -0.05) is 32.0 Å². The first-order chi connectivity index (χ1) is 7.53. The van der Waals surface area contributed by atoms with E-state index in [2.05, 4.69) is 51.2 Å². The Kier molecular flexibility index (Phi) is 3.07. The summed E-state index contributed by atoms with van der Waals surface area (Å²) < 4.78 is 0. The molecule has 0 saturated heterocycles. The van der Waals surface area contributed by atoms with Crippen LogP contribution < -0.4 is 5.32 Å². The fourth-order valence-corrected chi connectivity index (χ4v) is 2.19. The molecule has 1 aromatic rings. The lowest BCUT2D eigenvalue weighted by atomic mass is 9.92. The van der Waals surface area contributed by atoms with E-state index in [1.807, 2.05) is 0 Å². The highest BCUT2D eigenvalue weighted by Crippen LogP contribution is 2.48. The Labute approximate surface area is 99.3 Å². The molecule has 0 heterocycles. The molecule has 1 aromatic carbocycles. The van der Waals surface area contributed by atoms with Crippen molar-refractivity contribution in [2.45, 2.75) is 52.0 Å². The third-order valence-electron chi connectivity index (χ3n) is 3.82. The molecule has 0 aromatic heterocycles. The van der Waals surface area contributed by atoms with Crippen LogP contribution in [0.25, 0.3) is 0 Å². The van der Waals surface area contributed by atoms with Gasteiger partial charge in [0.2, 0.25) is 0 Å². The van der Waals surface area contributed by atoms with Gasteiger partial charge in [-0.15, -0.1) is 0 Å². The Hall–Kier alpha value is -0.820. The SMILES string of the molecule is Cc1ccc(C2(CNC(C)C)CC2)cc1C. The van der Waals surface area contributed by atoms with Crippen LogP contribution in [-0.2, 0) is 5.41 Å². The molecule has 1 heteroatoms. The first kappa shape index (κ1) is 11.7. The van der Waals surface area contributed by atoms with E-state index in [0.717, 1.165) is 6.54 Å². The number of nitrogens with one attached hydrogen (secondary N) is 1. The highest BCUT2D eigenvalue weighted by atomic mass is 14.9. The van der Waals surface area contributed by atoms with Crippen molar-refractivity contribution < 1.29 is 0 Å². The second-order valence-electron chi connectivity index (χ2n) is 5.61. The lowest BCUT2D eigenvalue weighted by molar-refractivity contribution is 0.520. The van der Waals surface area contributed by atoms with Crippen molar-refractivity contribution >= 4 is 0 Å². The summed E-state index contributed by atoms with van der Waals surface area (Å²) in [5, 5.41) is 3.58. The summed E-state index contributed by atoms with van der Waals surface area (Å²) in [7, 11) is 0. The van der Waals surface area contributed by atoms with Gasteiger partial charge in [0.05, 0.1) is 0 Å². The molecule has 0 atom stereocenters. The minimum Gasteiger partial charge on any atom is -0.314 e. The van der Waals surface area contributed by atoms with Gasteiger partial charge in [0, 0.05) is 18.0 Å². The molecule has 1 aliphatic rings. The Morgan fingerprint density at radius 3 is 2.38 bits per heavy atom. The standard InChI is InChI=1S/C15H23N/c1-11(2)16-10-15(7-8-15)14-6-5-12(3)13(4)9-14/h5-6,9,11,16H,7-8,10H2,1-4H3. The molecule has 0 amide bonds. The highest BCUT2D eigenvalue weighted by Gasteiger charge is 2.43. The molecule has 0 spiro atoms. The number of aryl methyl sites for hydroxylation is 2. The largest absolute Gasteiger partial charge is 0.314 e. The third kappa shape index (κ3) is 2.30. The van der Waals surface area contributed by atoms with E-state index in [0.29, 0.717) is 11.5 Å². The zero-order valence-corrected chi connectivity index (χ0v) is 10.9. The second kappa shape index (κ2) is 4.21. The lowest BCUT2D eigenvalue weighted by Gasteiger charge is -2.19. The molecule has 1 N–H and O–H groups in total. The summed E-state index contributed by atoms with van der Waals surface area (Å²) in [5.41, 5.74) is 4.80. The van der Waals surface area contributed by atoms with Gasteiger partial charge in [-0.25, -0.2) is 0 Å². The minimum absolute atomic E-state index is 0.447. The van der Waals surface area contributed by atoms with Crippen LogP contribution in [0.15, 0.2) is 18.2 Å². The van der Waals surface area contributed by atoms with E-state index in [-0.39, 0.29) is 0 Å². The first-order valence-electron chi connectivity index (χ1n) is 6.35. The van der Waals surface area contributed by atoms with Crippen LogP contribution in [0.3, 0.4) is 0 Å². The maximum atomic E-state index is 3.58. The summed E-state index contributed by atoms with van der Waals surface area (Å²) in [4.78, 5) is 0. The normalized spacial score (nSPS) is 17.8. The summed E-state index contributed by atoms with van der Waals surface area (Å²) in [6.45, 7) is 9.97. The third-order valence-corrected chi connectivity index (χ3v) is 3.82. The predicted molar refractivity (Wildman–Crippen MR) is 70.0 cm³/mol. The monoisotopic (exact) mass is 217 g/mol. The first-order valence-corrected chi connectivity index (χ1v) is 6.35. The summed E-state index contributed by atoms with van der Waals surface area (Å²) >= 11 is 0. The Morgan fingerprint density at radius 1 is 1.19 bits per heavy atom. The van der Waals surface area contributed by atoms with Crippen molar-refractivity contribution in [3.63, 3.8) is 0 Å². The topological polar surface area (TPSA) is 12.0 Å². The van der Waals surface area contributed by atoms with Gasteiger partial charge in [-0.05, 0) is 43.4 Å². The van der Waals surface area contributed by atoms with Crippen LogP contribution in [0.1, 0.15) is 43.4 Å². The molecule has 1 fully saturated rings. The molecule has 1 aliphatic carbocycles. The number of rotatable bonds is 4. The number of hydrogen-bond acceptors (Lipinski definition) is 1. The maximum Gasteiger partial charge on any atom is 0.00786 e. The smallest absolute Gasteiger partial charge is 0.00786 e. The van der Waals surface area contributed by atoms with Gasteiger partial charge in [-0.2, -0.15) is 0 Å².